The number of nitriles is 1. The summed E-state index contributed by atoms with van der Waals surface area (Å²) < 4.78 is 25.1. The molecule has 0 heterocycles. The molecule has 0 N–H and O–H groups in total. The van der Waals surface area contributed by atoms with E-state index >= 15 is 0 Å². The molecule has 1 aliphatic rings. The summed E-state index contributed by atoms with van der Waals surface area (Å²) in [5, 5.41) is 9.24. The monoisotopic (exact) mass is 278 g/mol. The Morgan fingerprint density at radius 2 is 2.00 bits per heavy atom. The standard InChI is InChI=1S/C16H20F2N2/c1-20(11-16(17)18)15-9-13(7-8-14(15)10-19)12-5-3-2-4-6-12/h2-6,13-16H,7-9,11H2,1H3. The van der Waals surface area contributed by atoms with Crippen LogP contribution >= 0.6 is 0 Å². The largest absolute Gasteiger partial charge is 0.296 e. The van der Waals surface area contributed by atoms with Gasteiger partial charge in [0.05, 0.1) is 18.5 Å². The predicted octanol–water partition coefficient (Wildman–Crippen LogP) is 3.66. The molecule has 0 aromatic heterocycles. The van der Waals surface area contributed by atoms with Crippen molar-refractivity contribution < 1.29 is 8.78 Å². The molecule has 0 saturated heterocycles. The maximum atomic E-state index is 12.6. The third kappa shape index (κ3) is 3.55. The highest BCUT2D eigenvalue weighted by Crippen LogP contribution is 2.37. The molecule has 1 aromatic carbocycles. The lowest BCUT2D eigenvalue weighted by Gasteiger charge is -2.38. The van der Waals surface area contributed by atoms with E-state index < -0.39 is 6.43 Å². The first-order valence-corrected chi connectivity index (χ1v) is 7.04. The molecule has 4 heteroatoms. The third-order valence-corrected chi connectivity index (χ3v) is 4.25. The number of alkyl halides is 2. The maximum Gasteiger partial charge on any atom is 0.251 e. The fraction of sp³-hybridized carbons (Fsp3) is 0.562. The van der Waals surface area contributed by atoms with Crippen molar-refractivity contribution in [1.29, 1.82) is 5.26 Å². The van der Waals surface area contributed by atoms with Crippen LogP contribution in [0.3, 0.4) is 0 Å². The van der Waals surface area contributed by atoms with Crippen LogP contribution < -0.4 is 0 Å². The van der Waals surface area contributed by atoms with Crippen LogP contribution in [-0.2, 0) is 0 Å². The first kappa shape index (κ1) is 14.9. The van der Waals surface area contributed by atoms with Crippen molar-refractivity contribution in [2.75, 3.05) is 13.6 Å². The van der Waals surface area contributed by atoms with Gasteiger partial charge in [-0.05, 0) is 37.8 Å². The van der Waals surface area contributed by atoms with E-state index in [0.29, 0.717) is 5.92 Å². The Morgan fingerprint density at radius 1 is 1.30 bits per heavy atom. The summed E-state index contributed by atoms with van der Waals surface area (Å²) >= 11 is 0. The van der Waals surface area contributed by atoms with E-state index in [0.717, 1.165) is 19.3 Å². The molecule has 0 radical (unpaired) electrons. The van der Waals surface area contributed by atoms with Gasteiger partial charge >= 0.3 is 0 Å². The van der Waals surface area contributed by atoms with Crippen molar-refractivity contribution in [2.45, 2.75) is 37.6 Å². The molecule has 1 saturated carbocycles. The van der Waals surface area contributed by atoms with Gasteiger partial charge in [0.15, 0.2) is 0 Å². The Morgan fingerprint density at radius 3 is 2.60 bits per heavy atom. The van der Waals surface area contributed by atoms with E-state index in [9.17, 15) is 14.0 Å². The number of benzene rings is 1. The Labute approximate surface area is 119 Å². The minimum absolute atomic E-state index is 0.0760. The van der Waals surface area contributed by atoms with Gasteiger partial charge in [0, 0.05) is 6.04 Å². The summed E-state index contributed by atoms with van der Waals surface area (Å²) in [6.45, 7) is -0.260. The predicted molar refractivity (Wildman–Crippen MR) is 74.6 cm³/mol. The highest BCUT2D eigenvalue weighted by molar-refractivity contribution is 5.21. The molecule has 20 heavy (non-hydrogen) atoms. The average Bonchev–Trinajstić information content (AvgIpc) is 2.46. The Kier molecular flexibility index (Phi) is 5.08. The van der Waals surface area contributed by atoms with Gasteiger partial charge in [-0.2, -0.15) is 5.26 Å². The molecule has 1 aromatic rings. The molecule has 2 nitrogen and oxygen atoms in total. The fourth-order valence-corrected chi connectivity index (χ4v) is 3.17. The van der Waals surface area contributed by atoms with Crippen LogP contribution in [-0.4, -0.2) is 31.0 Å². The SMILES string of the molecule is CN(CC(F)F)C1CC(c2ccccc2)CCC1C#N. The van der Waals surface area contributed by atoms with Gasteiger partial charge in [0.2, 0.25) is 0 Å². The first-order chi connectivity index (χ1) is 9.61. The molecular formula is C16H20F2N2. The molecule has 0 amide bonds. The lowest BCUT2D eigenvalue weighted by molar-refractivity contribution is 0.0567. The van der Waals surface area contributed by atoms with Crippen LogP contribution in [0.2, 0.25) is 0 Å². The highest BCUT2D eigenvalue weighted by Gasteiger charge is 2.34. The van der Waals surface area contributed by atoms with Gasteiger partial charge < -0.3 is 0 Å². The van der Waals surface area contributed by atoms with E-state index in [1.807, 2.05) is 18.2 Å². The summed E-state index contributed by atoms with van der Waals surface area (Å²) in [5.74, 6) is 0.227. The number of nitrogens with zero attached hydrogens (tertiary/aromatic N) is 2. The van der Waals surface area contributed by atoms with E-state index in [-0.39, 0.29) is 18.5 Å². The highest BCUT2D eigenvalue weighted by atomic mass is 19.3. The van der Waals surface area contributed by atoms with Gasteiger partial charge in [-0.15, -0.1) is 0 Å². The van der Waals surface area contributed by atoms with Gasteiger partial charge in [0.1, 0.15) is 0 Å². The molecule has 1 fully saturated rings. The van der Waals surface area contributed by atoms with Gasteiger partial charge in [-0.25, -0.2) is 8.78 Å². The minimum atomic E-state index is -2.35. The normalized spacial score (nSPS) is 26.7. The lowest BCUT2D eigenvalue weighted by atomic mass is 9.75. The van der Waals surface area contributed by atoms with Crippen molar-refractivity contribution in [3.63, 3.8) is 0 Å². The van der Waals surface area contributed by atoms with Crippen LogP contribution in [0, 0.1) is 17.2 Å². The van der Waals surface area contributed by atoms with E-state index in [1.54, 1.807) is 11.9 Å². The molecule has 0 aliphatic heterocycles. The number of rotatable bonds is 4. The second-order valence-electron chi connectivity index (χ2n) is 5.55. The van der Waals surface area contributed by atoms with Crippen molar-refractivity contribution in [3.8, 4) is 6.07 Å². The molecular weight excluding hydrogens is 258 g/mol. The van der Waals surface area contributed by atoms with Gasteiger partial charge in [-0.3, -0.25) is 4.90 Å². The third-order valence-electron chi connectivity index (χ3n) is 4.25. The molecule has 3 unspecified atom stereocenters. The zero-order valence-electron chi connectivity index (χ0n) is 11.7. The molecule has 0 spiro atoms. The molecule has 1 aliphatic carbocycles. The second kappa shape index (κ2) is 6.81. The van der Waals surface area contributed by atoms with Gasteiger partial charge in [0.25, 0.3) is 6.43 Å². The van der Waals surface area contributed by atoms with Crippen molar-refractivity contribution in [1.82, 2.24) is 4.90 Å². The Hall–Kier alpha value is -1.47. The van der Waals surface area contributed by atoms with E-state index in [2.05, 4.69) is 18.2 Å². The van der Waals surface area contributed by atoms with Gasteiger partial charge in [-0.1, -0.05) is 30.3 Å². The molecule has 3 atom stereocenters. The van der Waals surface area contributed by atoms with Crippen LogP contribution in [0.5, 0.6) is 0 Å². The van der Waals surface area contributed by atoms with Crippen molar-refractivity contribution >= 4 is 0 Å². The Bertz CT molecular complexity index is 455. The van der Waals surface area contributed by atoms with Crippen LogP contribution in [0.1, 0.15) is 30.7 Å². The minimum Gasteiger partial charge on any atom is -0.296 e. The summed E-state index contributed by atoms with van der Waals surface area (Å²) in [6, 6.07) is 12.4. The number of hydrogen-bond donors (Lipinski definition) is 0. The lowest BCUT2D eigenvalue weighted by Crippen LogP contribution is -2.43. The van der Waals surface area contributed by atoms with Crippen LogP contribution in [0.25, 0.3) is 0 Å². The van der Waals surface area contributed by atoms with Crippen LogP contribution in [0.15, 0.2) is 30.3 Å². The summed E-state index contributed by atoms with van der Waals surface area (Å²) in [5.41, 5.74) is 1.25. The average molecular weight is 278 g/mol. The zero-order valence-corrected chi connectivity index (χ0v) is 11.7. The fourth-order valence-electron chi connectivity index (χ4n) is 3.17. The number of halogens is 2. The smallest absolute Gasteiger partial charge is 0.251 e. The summed E-state index contributed by atoms with van der Waals surface area (Å²) in [7, 11) is 1.70. The Balaban J connectivity index is 2.09. The molecule has 108 valence electrons. The second-order valence-corrected chi connectivity index (χ2v) is 5.55. The first-order valence-electron chi connectivity index (χ1n) is 7.04. The number of hydrogen-bond acceptors (Lipinski definition) is 2. The van der Waals surface area contributed by atoms with Crippen LogP contribution in [0.4, 0.5) is 8.78 Å². The molecule has 0 bridgehead atoms. The quantitative estimate of drug-likeness (QED) is 0.840. The maximum absolute atomic E-state index is 12.6. The van der Waals surface area contributed by atoms with E-state index in [1.165, 1.54) is 5.56 Å². The summed E-state index contributed by atoms with van der Waals surface area (Å²) in [6.07, 6.45) is 0.178. The molecule has 2 rings (SSSR count). The van der Waals surface area contributed by atoms with Crippen molar-refractivity contribution in [3.05, 3.63) is 35.9 Å². The van der Waals surface area contributed by atoms with Crippen molar-refractivity contribution in [2.24, 2.45) is 5.92 Å². The van der Waals surface area contributed by atoms with E-state index in [4.69, 9.17) is 0 Å². The topological polar surface area (TPSA) is 27.0 Å². The summed E-state index contributed by atoms with van der Waals surface area (Å²) in [4.78, 5) is 1.66. The zero-order chi connectivity index (χ0) is 14.5.